The number of benzene rings is 3. The van der Waals surface area contributed by atoms with E-state index in [1.807, 2.05) is 0 Å². The minimum Gasteiger partial charge on any atom is -0.497 e. The molecule has 3 aromatic carbocycles. The number of methoxy groups -OCH3 is 1. The molecule has 0 amide bonds. The van der Waals surface area contributed by atoms with Crippen molar-refractivity contribution in [1.82, 2.24) is 4.57 Å². The first-order chi connectivity index (χ1) is 18.4. The number of halogens is 4. The molecule has 1 N–H and O–H groups in total. The molecule has 1 aromatic heterocycles. The van der Waals surface area contributed by atoms with Crippen molar-refractivity contribution in [3.63, 3.8) is 0 Å². The van der Waals surface area contributed by atoms with Crippen molar-refractivity contribution in [3.05, 3.63) is 88.1 Å². The Hall–Kier alpha value is -4.18. The van der Waals surface area contributed by atoms with Crippen LogP contribution in [0.2, 0.25) is 5.02 Å². The molecular formula is C28H23ClF3NO6. The molecule has 11 heteroatoms. The average Bonchev–Trinajstić information content (AvgIpc) is 3.14. The molecule has 39 heavy (non-hydrogen) atoms. The van der Waals surface area contributed by atoms with Gasteiger partial charge in [-0.05, 0) is 67.9 Å². The highest BCUT2D eigenvalue weighted by atomic mass is 35.5. The Kier molecular flexibility index (Phi) is 7.78. The van der Waals surface area contributed by atoms with E-state index in [0.717, 1.165) is 6.07 Å². The Morgan fingerprint density at radius 3 is 2.31 bits per heavy atom. The van der Waals surface area contributed by atoms with E-state index in [1.54, 1.807) is 47.9 Å². The van der Waals surface area contributed by atoms with Gasteiger partial charge in [-0.3, -0.25) is 4.79 Å². The number of aromatic nitrogens is 1. The van der Waals surface area contributed by atoms with Gasteiger partial charge in [-0.25, -0.2) is 4.79 Å². The summed E-state index contributed by atoms with van der Waals surface area (Å²) in [5, 5.41) is 9.80. The van der Waals surface area contributed by atoms with E-state index in [-0.39, 0.29) is 23.1 Å². The minimum absolute atomic E-state index is 0.114. The van der Waals surface area contributed by atoms with Crippen molar-refractivity contribution in [2.24, 2.45) is 0 Å². The second kappa shape index (κ2) is 10.9. The van der Waals surface area contributed by atoms with Crippen LogP contribution in [-0.2, 0) is 11.3 Å². The van der Waals surface area contributed by atoms with Crippen LogP contribution in [-0.4, -0.2) is 41.0 Å². The fraction of sp³-hybridized carbons (Fsp3) is 0.214. The van der Waals surface area contributed by atoms with Crippen LogP contribution in [0.5, 0.6) is 17.2 Å². The number of fused-ring (bicyclic) bond motifs is 1. The molecule has 4 rings (SSSR count). The zero-order chi connectivity index (χ0) is 28.5. The van der Waals surface area contributed by atoms with E-state index in [0.29, 0.717) is 39.0 Å². The molecule has 0 radical (unpaired) electrons. The van der Waals surface area contributed by atoms with Gasteiger partial charge < -0.3 is 23.9 Å². The number of carbonyl (C=O) groups is 2. The largest absolute Gasteiger partial charge is 0.573 e. The SMILES string of the molecule is COc1ccc(C(=O)c2c(C)n(Cc3ccc(Cl)c(O[C@@H](C)C(=O)O)c3)c3cc(OC(F)(F)F)ccc23)cc1. The van der Waals surface area contributed by atoms with Crippen LogP contribution in [0, 0.1) is 6.92 Å². The highest BCUT2D eigenvalue weighted by Crippen LogP contribution is 2.34. The van der Waals surface area contributed by atoms with E-state index < -0.39 is 24.2 Å². The van der Waals surface area contributed by atoms with Gasteiger partial charge in [0.2, 0.25) is 0 Å². The van der Waals surface area contributed by atoms with Crippen LogP contribution >= 0.6 is 11.6 Å². The van der Waals surface area contributed by atoms with Crippen LogP contribution in [0.3, 0.4) is 0 Å². The fourth-order valence-corrected chi connectivity index (χ4v) is 4.35. The summed E-state index contributed by atoms with van der Waals surface area (Å²) >= 11 is 6.19. The Labute approximate surface area is 226 Å². The molecule has 7 nitrogen and oxygen atoms in total. The van der Waals surface area contributed by atoms with Gasteiger partial charge in [-0.1, -0.05) is 17.7 Å². The number of carboxylic acid groups (broad SMARTS) is 1. The quantitative estimate of drug-likeness (QED) is 0.230. The van der Waals surface area contributed by atoms with Crippen molar-refractivity contribution in [2.45, 2.75) is 32.9 Å². The van der Waals surface area contributed by atoms with Crippen molar-refractivity contribution in [1.29, 1.82) is 0 Å². The molecule has 1 heterocycles. The monoisotopic (exact) mass is 561 g/mol. The van der Waals surface area contributed by atoms with Crippen molar-refractivity contribution >= 4 is 34.3 Å². The normalized spacial score (nSPS) is 12.3. The molecule has 0 fully saturated rings. The fourth-order valence-electron chi connectivity index (χ4n) is 4.19. The summed E-state index contributed by atoms with van der Waals surface area (Å²) in [5.74, 6) is -1.24. The standard InChI is InChI=1S/C28H23ClF3NO6/c1-15-25(26(34)18-5-7-19(37-3)8-6-18)21-10-9-20(39-28(30,31)32)13-23(21)33(15)14-17-4-11-22(29)24(12-17)38-16(2)27(35)36/h4-13,16H,14H2,1-3H3,(H,35,36)/t16-/m0/s1. The number of nitrogens with zero attached hydrogens (tertiary/aromatic N) is 1. The first-order valence-corrected chi connectivity index (χ1v) is 12.0. The number of ketones is 1. The summed E-state index contributed by atoms with van der Waals surface area (Å²) in [4.78, 5) is 24.8. The molecule has 0 spiro atoms. The summed E-state index contributed by atoms with van der Waals surface area (Å²) in [5.41, 5.74) is 2.14. The maximum atomic E-state index is 13.6. The smallest absolute Gasteiger partial charge is 0.497 e. The molecule has 4 aromatic rings. The number of ether oxygens (including phenoxy) is 3. The first-order valence-electron chi connectivity index (χ1n) is 11.6. The lowest BCUT2D eigenvalue weighted by atomic mass is 10.0. The number of hydrogen-bond donors (Lipinski definition) is 1. The predicted octanol–water partition coefficient (Wildman–Crippen LogP) is 6.64. The zero-order valence-electron chi connectivity index (χ0n) is 21.0. The van der Waals surface area contributed by atoms with E-state index >= 15 is 0 Å². The van der Waals surface area contributed by atoms with Crippen LogP contribution < -0.4 is 14.2 Å². The van der Waals surface area contributed by atoms with Crippen LogP contribution in [0.1, 0.15) is 34.1 Å². The second-order valence-electron chi connectivity index (χ2n) is 8.69. The molecule has 0 saturated heterocycles. The lowest BCUT2D eigenvalue weighted by molar-refractivity contribution is -0.274. The number of aliphatic carboxylic acids is 1. The Bertz CT molecular complexity index is 1550. The second-order valence-corrected chi connectivity index (χ2v) is 9.10. The lowest BCUT2D eigenvalue weighted by Gasteiger charge is -2.15. The summed E-state index contributed by atoms with van der Waals surface area (Å²) in [6.45, 7) is 3.16. The minimum atomic E-state index is -4.90. The summed E-state index contributed by atoms with van der Waals surface area (Å²) in [6, 6.07) is 15.1. The van der Waals surface area contributed by atoms with Gasteiger partial charge in [0.1, 0.15) is 17.2 Å². The molecule has 0 aliphatic heterocycles. The van der Waals surface area contributed by atoms with Crippen molar-refractivity contribution < 1.29 is 42.1 Å². The number of carbonyl (C=O) groups excluding carboxylic acids is 1. The summed E-state index contributed by atoms with van der Waals surface area (Å²) < 4.78 is 55.3. The predicted molar refractivity (Wildman–Crippen MR) is 138 cm³/mol. The highest BCUT2D eigenvalue weighted by Gasteiger charge is 2.32. The van der Waals surface area contributed by atoms with Crippen LogP contribution in [0.15, 0.2) is 60.7 Å². The molecule has 0 aliphatic carbocycles. The Morgan fingerprint density at radius 2 is 1.69 bits per heavy atom. The highest BCUT2D eigenvalue weighted by molar-refractivity contribution is 6.32. The lowest BCUT2D eigenvalue weighted by Crippen LogP contribution is -2.23. The van der Waals surface area contributed by atoms with Gasteiger partial charge in [0.05, 0.1) is 23.2 Å². The van der Waals surface area contributed by atoms with E-state index in [4.69, 9.17) is 21.1 Å². The zero-order valence-corrected chi connectivity index (χ0v) is 21.8. The molecule has 204 valence electrons. The number of hydrogen-bond acceptors (Lipinski definition) is 5. The molecule has 0 saturated carbocycles. The summed E-state index contributed by atoms with van der Waals surface area (Å²) in [7, 11) is 1.50. The number of alkyl halides is 3. The van der Waals surface area contributed by atoms with Crippen LogP contribution in [0.25, 0.3) is 10.9 Å². The number of carboxylic acids is 1. The third-order valence-electron chi connectivity index (χ3n) is 6.10. The molecule has 0 unspecified atom stereocenters. The summed E-state index contributed by atoms with van der Waals surface area (Å²) in [6.07, 6.45) is -6.06. The van der Waals surface area contributed by atoms with E-state index in [2.05, 4.69) is 4.74 Å². The van der Waals surface area contributed by atoms with E-state index in [1.165, 1.54) is 32.2 Å². The average molecular weight is 562 g/mol. The van der Waals surface area contributed by atoms with Gasteiger partial charge in [0.25, 0.3) is 0 Å². The van der Waals surface area contributed by atoms with Crippen LogP contribution in [0.4, 0.5) is 13.2 Å². The maximum absolute atomic E-state index is 13.6. The van der Waals surface area contributed by atoms with Gasteiger partial charge in [0.15, 0.2) is 11.9 Å². The van der Waals surface area contributed by atoms with Gasteiger partial charge in [-0.15, -0.1) is 13.2 Å². The Morgan fingerprint density at radius 1 is 1.03 bits per heavy atom. The third kappa shape index (κ3) is 6.12. The van der Waals surface area contributed by atoms with Crippen molar-refractivity contribution in [2.75, 3.05) is 7.11 Å². The van der Waals surface area contributed by atoms with Gasteiger partial charge in [-0.2, -0.15) is 0 Å². The van der Waals surface area contributed by atoms with E-state index in [9.17, 15) is 27.9 Å². The van der Waals surface area contributed by atoms with Gasteiger partial charge >= 0.3 is 12.3 Å². The maximum Gasteiger partial charge on any atom is 0.573 e. The van der Waals surface area contributed by atoms with Crippen molar-refractivity contribution in [3.8, 4) is 17.2 Å². The molecule has 0 aliphatic rings. The first kappa shape index (κ1) is 27.8. The molecule has 0 bridgehead atoms. The topological polar surface area (TPSA) is 87.0 Å². The Balaban J connectivity index is 1.82. The molecule has 1 atom stereocenters. The van der Waals surface area contributed by atoms with Gasteiger partial charge in [0, 0.05) is 29.3 Å². The number of rotatable bonds is 9. The third-order valence-corrected chi connectivity index (χ3v) is 6.41. The molecular weight excluding hydrogens is 539 g/mol.